The summed E-state index contributed by atoms with van der Waals surface area (Å²) in [5.41, 5.74) is 0.807. The maximum absolute atomic E-state index is 13.1. The summed E-state index contributed by atoms with van der Waals surface area (Å²) in [4.78, 5) is 27.7. The zero-order chi connectivity index (χ0) is 16.4. The van der Waals surface area contributed by atoms with Crippen LogP contribution in [0.25, 0.3) is 0 Å². The van der Waals surface area contributed by atoms with Gasteiger partial charge in [-0.25, -0.2) is 4.39 Å². The molecule has 0 saturated carbocycles. The summed E-state index contributed by atoms with van der Waals surface area (Å²) in [6, 6.07) is 5.74. The van der Waals surface area contributed by atoms with Crippen molar-refractivity contribution in [2.24, 2.45) is 0 Å². The summed E-state index contributed by atoms with van der Waals surface area (Å²) in [5, 5.41) is 9.94. The van der Waals surface area contributed by atoms with Crippen LogP contribution in [0.15, 0.2) is 24.3 Å². The van der Waals surface area contributed by atoms with Crippen LogP contribution in [0.5, 0.6) is 0 Å². The van der Waals surface area contributed by atoms with Crippen LogP contribution >= 0.6 is 0 Å². The molecule has 1 N–H and O–H groups in total. The fourth-order valence-corrected chi connectivity index (χ4v) is 3.37. The van der Waals surface area contributed by atoms with Gasteiger partial charge in [0.2, 0.25) is 11.8 Å². The zero-order valence-corrected chi connectivity index (χ0v) is 12.9. The quantitative estimate of drug-likeness (QED) is 0.917. The number of hydrogen-bond donors (Lipinski definition) is 1. The minimum Gasteiger partial charge on any atom is -0.391 e. The summed E-state index contributed by atoms with van der Waals surface area (Å²) in [7, 11) is 0. The average Bonchev–Trinajstić information content (AvgIpc) is 2.92. The second-order valence-electron chi connectivity index (χ2n) is 6.28. The van der Waals surface area contributed by atoms with Crippen LogP contribution in [0.4, 0.5) is 4.39 Å². The van der Waals surface area contributed by atoms with E-state index in [1.807, 2.05) is 0 Å². The summed E-state index contributed by atoms with van der Waals surface area (Å²) >= 11 is 0. The molecule has 0 spiro atoms. The Kier molecular flexibility index (Phi) is 4.61. The largest absolute Gasteiger partial charge is 0.391 e. The maximum atomic E-state index is 13.1. The van der Waals surface area contributed by atoms with Crippen LogP contribution in [-0.4, -0.2) is 52.5 Å². The molecule has 2 saturated heterocycles. The molecule has 2 fully saturated rings. The van der Waals surface area contributed by atoms with Crippen LogP contribution in [0.3, 0.4) is 0 Å². The molecule has 124 valence electrons. The number of hydrogen-bond acceptors (Lipinski definition) is 3. The van der Waals surface area contributed by atoms with Gasteiger partial charge in [-0.15, -0.1) is 0 Å². The third kappa shape index (κ3) is 3.52. The van der Waals surface area contributed by atoms with E-state index >= 15 is 0 Å². The molecule has 0 aromatic heterocycles. The monoisotopic (exact) mass is 320 g/mol. The molecule has 6 heteroatoms. The highest BCUT2D eigenvalue weighted by atomic mass is 19.1. The topological polar surface area (TPSA) is 60.9 Å². The van der Waals surface area contributed by atoms with Crippen molar-refractivity contribution in [3.8, 4) is 0 Å². The lowest BCUT2D eigenvalue weighted by atomic mass is 10.0. The van der Waals surface area contributed by atoms with Gasteiger partial charge in [-0.3, -0.25) is 9.59 Å². The van der Waals surface area contributed by atoms with Crippen LogP contribution in [-0.2, 0) is 9.59 Å². The maximum Gasteiger partial charge on any atom is 0.242 e. The van der Waals surface area contributed by atoms with Gasteiger partial charge in [0.05, 0.1) is 18.7 Å². The van der Waals surface area contributed by atoms with E-state index in [4.69, 9.17) is 0 Å². The highest BCUT2D eigenvalue weighted by Crippen LogP contribution is 2.32. The number of aliphatic hydroxyl groups excluding tert-OH is 1. The van der Waals surface area contributed by atoms with Crippen molar-refractivity contribution in [3.63, 3.8) is 0 Å². The first-order valence-electron chi connectivity index (χ1n) is 8.05. The molecule has 5 nitrogen and oxygen atoms in total. The lowest BCUT2D eigenvalue weighted by Crippen LogP contribution is -2.44. The van der Waals surface area contributed by atoms with Crippen molar-refractivity contribution >= 4 is 11.8 Å². The number of amides is 2. The Labute approximate surface area is 134 Å². The lowest BCUT2D eigenvalue weighted by molar-refractivity contribution is -0.142. The predicted molar refractivity (Wildman–Crippen MR) is 81.9 cm³/mol. The molecule has 0 bridgehead atoms. The molecule has 2 amide bonds. The fraction of sp³-hybridized carbons (Fsp3) is 0.529. The van der Waals surface area contributed by atoms with Crippen molar-refractivity contribution in [1.29, 1.82) is 0 Å². The van der Waals surface area contributed by atoms with E-state index < -0.39 is 6.10 Å². The van der Waals surface area contributed by atoms with Crippen LogP contribution in [0.2, 0.25) is 0 Å². The second-order valence-corrected chi connectivity index (χ2v) is 6.28. The highest BCUT2D eigenvalue weighted by molar-refractivity contribution is 5.85. The third-order valence-electron chi connectivity index (χ3n) is 4.60. The molecular formula is C17H21FN2O3. The van der Waals surface area contributed by atoms with Crippen LogP contribution in [0, 0.1) is 5.82 Å². The van der Waals surface area contributed by atoms with Crippen molar-refractivity contribution in [2.75, 3.05) is 19.6 Å². The number of aliphatic hydroxyl groups is 1. The van der Waals surface area contributed by atoms with Crippen LogP contribution in [0.1, 0.15) is 37.3 Å². The highest BCUT2D eigenvalue weighted by Gasteiger charge is 2.36. The molecule has 23 heavy (non-hydrogen) atoms. The fourth-order valence-electron chi connectivity index (χ4n) is 3.37. The first-order chi connectivity index (χ1) is 11.0. The number of carbonyl (C=O) groups is 2. The number of halogens is 1. The van der Waals surface area contributed by atoms with E-state index in [9.17, 15) is 19.1 Å². The van der Waals surface area contributed by atoms with Crippen molar-refractivity contribution < 1.29 is 19.1 Å². The minimum atomic E-state index is -0.592. The molecule has 1 aromatic carbocycles. The normalized spacial score (nSPS) is 25.0. The van der Waals surface area contributed by atoms with Gasteiger partial charge in [0.25, 0.3) is 0 Å². The standard InChI is InChI=1S/C17H21FN2O3/c18-13-6-4-12(5-7-13)15-9-14(21)10-20(15)17(23)11-19-8-2-1-3-16(19)22/h4-7,14-15,21H,1-3,8-11H2. The smallest absolute Gasteiger partial charge is 0.242 e. The Morgan fingerprint density at radius 1 is 1.26 bits per heavy atom. The van der Waals surface area contributed by atoms with Gasteiger partial charge in [-0.05, 0) is 37.0 Å². The van der Waals surface area contributed by atoms with Gasteiger partial charge in [-0.1, -0.05) is 12.1 Å². The molecule has 0 radical (unpaired) electrons. The van der Waals surface area contributed by atoms with E-state index in [2.05, 4.69) is 0 Å². The number of nitrogens with zero attached hydrogens (tertiary/aromatic N) is 2. The number of β-amino-alcohol motifs (C(OH)–C–C–N with tert-alkyl or cyclic N) is 1. The van der Waals surface area contributed by atoms with Crippen LogP contribution < -0.4 is 0 Å². The zero-order valence-electron chi connectivity index (χ0n) is 12.9. The summed E-state index contributed by atoms with van der Waals surface area (Å²) < 4.78 is 13.1. The number of carbonyl (C=O) groups excluding carboxylic acids is 2. The Hall–Kier alpha value is -1.95. The van der Waals surface area contributed by atoms with Gasteiger partial charge in [-0.2, -0.15) is 0 Å². The van der Waals surface area contributed by atoms with Gasteiger partial charge < -0.3 is 14.9 Å². The van der Waals surface area contributed by atoms with E-state index in [0.29, 0.717) is 19.4 Å². The van der Waals surface area contributed by atoms with Crippen molar-refractivity contribution in [1.82, 2.24) is 9.80 Å². The van der Waals surface area contributed by atoms with E-state index in [0.717, 1.165) is 18.4 Å². The molecule has 2 heterocycles. The van der Waals surface area contributed by atoms with Gasteiger partial charge in [0.1, 0.15) is 5.82 Å². The van der Waals surface area contributed by atoms with Crippen molar-refractivity contribution in [3.05, 3.63) is 35.6 Å². The van der Waals surface area contributed by atoms with Gasteiger partial charge in [0, 0.05) is 19.5 Å². The van der Waals surface area contributed by atoms with Gasteiger partial charge >= 0.3 is 0 Å². The number of rotatable bonds is 3. The first kappa shape index (κ1) is 15.9. The molecule has 3 rings (SSSR count). The molecular weight excluding hydrogens is 299 g/mol. The Balaban J connectivity index is 1.72. The first-order valence-corrected chi connectivity index (χ1v) is 8.05. The number of benzene rings is 1. The molecule has 1 aromatic rings. The molecule has 0 aliphatic carbocycles. The number of likely N-dealkylation sites (tertiary alicyclic amines) is 2. The lowest BCUT2D eigenvalue weighted by Gasteiger charge is -2.30. The molecule has 2 aliphatic rings. The summed E-state index contributed by atoms with van der Waals surface area (Å²) in [5.74, 6) is -0.474. The van der Waals surface area contributed by atoms with Gasteiger partial charge in [0.15, 0.2) is 0 Å². The van der Waals surface area contributed by atoms with Crippen molar-refractivity contribution in [2.45, 2.75) is 37.8 Å². The summed E-state index contributed by atoms with van der Waals surface area (Å²) in [6.07, 6.45) is 2.14. The van der Waals surface area contributed by atoms with E-state index in [1.165, 1.54) is 12.1 Å². The van der Waals surface area contributed by atoms with E-state index in [-0.39, 0.29) is 36.8 Å². The number of piperidine rings is 1. The second kappa shape index (κ2) is 6.66. The Morgan fingerprint density at radius 3 is 2.70 bits per heavy atom. The molecule has 2 aliphatic heterocycles. The molecule has 2 atom stereocenters. The summed E-state index contributed by atoms with van der Waals surface area (Å²) in [6.45, 7) is 0.925. The predicted octanol–water partition coefficient (Wildman–Crippen LogP) is 1.47. The average molecular weight is 320 g/mol. The minimum absolute atomic E-state index is 0.0164. The Bertz CT molecular complexity index is 590. The third-order valence-corrected chi connectivity index (χ3v) is 4.60. The van der Waals surface area contributed by atoms with E-state index in [1.54, 1.807) is 21.9 Å². The Morgan fingerprint density at radius 2 is 2.00 bits per heavy atom. The SMILES string of the molecule is O=C1CCCCN1CC(=O)N1CC(O)CC1c1ccc(F)cc1. The molecule has 2 unspecified atom stereocenters.